The Morgan fingerprint density at radius 3 is 1.84 bits per heavy atom. The zero-order valence-electron chi connectivity index (χ0n) is 14.5. The van der Waals surface area contributed by atoms with Crippen LogP contribution >= 0.6 is 0 Å². The number of hydrogen-bond donors (Lipinski definition) is 0. The van der Waals surface area contributed by atoms with E-state index in [2.05, 4.69) is 70.6 Å². The fourth-order valence-corrected chi connectivity index (χ4v) is 3.45. The molecule has 0 N–H and O–H groups in total. The number of nitrogens with zero attached hydrogens (tertiary/aromatic N) is 3. The molecule has 0 bridgehead atoms. The summed E-state index contributed by atoms with van der Waals surface area (Å²) in [5.41, 5.74) is 0.588. The fraction of sp³-hybridized carbons (Fsp3) is 1.00. The summed E-state index contributed by atoms with van der Waals surface area (Å²) in [7, 11) is 8.89. The molecular weight excluding hydrogens is 234 g/mol. The summed E-state index contributed by atoms with van der Waals surface area (Å²) in [6.07, 6.45) is 3.80. The minimum absolute atomic E-state index is 0.294. The molecule has 1 heterocycles. The van der Waals surface area contributed by atoms with Crippen LogP contribution in [0.4, 0.5) is 0 Å². The molecule has 0 aliphatic carbocycles. The highest BCUT2D eigenvalue weighted by molar-refractivity contribution is 5.00. The van der Waals surface area contributed by atoms with Gasteiger partial charge in [0.1, 0.15) is 0 Å². The van der Waals surface area contributed by atoms with E-state index in [4.69, 9.17) is 0 Å². The summed E-state index contributed by atoms with van der Waals surface area (Å²) in [4.78, 5) is 7.42. The maximum Gasteiger partial charge on any atom is 0.0170 e. The van der Waals surface area contributed by atoms with Crippen LogP contribution in [0.3, 0.4) is 0 Å². The quantitative estimate of drug-likeness (QED) is 0.759. The van der Waals surface area contributed by atoms with Crippen LogP contribution in [0.25, 0.3) is 0 Å². The van der Waals surface area contributed by atoms with Crippen LogP contribution in [0, 0.1) is 0 Å². The Morgan fingerprint density at radius 2 is 1.42 bits per heavy atom. The van der Waals surface area contributed by atoms with Crippen molar-refractivity contribution in [3.05, 3.63) is 0 Å². The molecule has 3 nitrogen and oxygen atoms in total. The van der Waals surface area contributed by atoms with E-state index >= 15 is 0 Å². The molecule has 1 rings (SSSR count). The molecule has 1 aliphatic rings. The molecule has 1 aliphatic heterocycles. The van der Waals surface area contributed by atoms with E-state index in [0.717, 1.165) is 0 Å². The Kier molecular flexibility index (Phi) is 5.44. The van der Waals surface area contributed by atoms with Gasteiger partial charge in [-0.3, -0.25) is 4.90 Å². The predicted octanol–water partition coefficient (Wildman–Crippen LogP) is 2.52. The van der Waals surface area contributed by atoms with E-state index in [1.165, 1.54) is 32.4 Å². The molecule has 0 atom stereocenters. The molecule has 0 unspecified atom stereocenters. The van der Waals surface area contributed by atoms with Crippen molar-refractivity contribution in [1.82, 2.24) is 14.7 Å². The molecule has 0 aromatic rings. The highest BCUT2D eigenvalue weighted by Gasteiger charge is 2.43. The third kappa shape index (κ3) is 4.44. The molecule has 1 fully saturated rings. The molecule has 19 heavy (non-hydrogen) atoms. The van der Waals surface area contributed by atoms with Gasteiger partial charge in [0.05, 0.1) is 0 Å². The van der Waals surface area contributed by atoms with Crippen LogP contribution in [-0.4, -0.2) is 73.1 Å². The van der Waals surface area contributed by atoms with Gasteiger partial charge in [-0.05, 0) is 88.2 Å². The number of rotatable bonds is 5. The molecule has 3 heteroatoms. The second kappa shape index (κ2) is 6.11. The van der Waals surface area contributed by atoms with Crippen molar-refractivity contribution in [2.45, 2.75) is 64.1 Å². The number of hydrogen-bond acceptors (Lipinski definition) is 3. The van der Waals surface area contributed by atoms with Gasteiger partial charge in [0.2, 0.25) is 0 Å². The summed E-state index contributed by atoms with van der Waals surface area (Å²) >= 11 is 0. The first-order chi connectivity index (χ1) is 8.56. The van der Waals surface area contributed by atoms with E-state index < -0.39 is 0 Å². The first-order valence-corrected chi connectivity index (χ1v) is 7.65. The van der Waals surface area contributed by atoms with Crippen LogP contribution in [0.15, 0.2) is 0 Å². The summed E-state index contributed by atoms with van der Waals surface area (Å²) in [5.74, 6) is 0. The second-order valence-electron chi connectivity index (χ2n) is 7.88. The fourth-order valence-electron chi connectivity index (χ4n) is 3.45. The van der Waals surface area contributed by atoms with Gasteiger partial charge >= 0.3 is 0 Å². The number of likely N-dealkylation sites (tertiary alicyclic amines) is 1. The molecule has 0 aromatic heterocycles. The molecule has 0 saturated carbocycles. The van der Waals surface area contributed by atoms with Gasteiger partial charge in [-0.25, -0.2) is 0 Å². The summed E-state index contributed by atoms with van der Waals surface area (Å²) in [6.45, 7) is 11.9. The first kappa shape index (κ1) is 16.9. The van der Waals surface area contributed by atoms with Crippen molar-refractivity contribution in [3.8, 4) is 0 Å². The minimum Gasteiger partial charge on any atom is -0.309 e. The third-order valence-corrected chi connectivity index (χ3v) is 5.03. The SMILES string of the molecule is CN(C)CCCN(C)C1CC(C)(C)N(C)C(C)(C)C1. The lowest BCUT2D eigenvalue weighted by atomic mass is 9.77. The lowest BCUT2D eigenvalue weighted by Crippen LogP contribution is -2.62. The minimum atomic E-state index is 0.294. The van der Waals surface area contributed by atoms with Gasteiger partial charge in [-0.2, -0.15) is 0 Å². The van der Waals surface area contributed by atoms with Gasteiger partial charge < -0.3 is 9.80 Å². The zero-order valence-corrected chi connectivity index (χ0v) is 14.5. The summed E-state index contributed by atoms with van der Waals surface area (Å²) < 4.78 is 0. The molecule has 0 spiro atoms. The van der Waals surface area contributed by atoms with Gasteiger partial charge in [-0.15, -0.1) is 0 Å². The van der Waals surface area contributed by atoms with Gasteiger partial charge in [-0.1, -0.05) is 0 Å². The average Bonchev–Trinajstić information content (AvgIpc) is 2.24. The summed E-state index contributed by atoms with van der Waals surface area (Å²) in [5, 5.41) is 0. The summed E-state index contributed by atoms with van der Waals surface area (Å²) in [6, 6.07) is 0.711. The number of piperidine rings is 1. The molecule has 0 radical (unpaired) electrons. The molecular formula is C16H35N3. The predicted molar refractivity (Wildman–Crippen MR) is 84.7 cm³/mol. The standard InChI is InChI=1S/C16H35N3/c1-15(2)12-14(13-16(3,4)19(15)8)18(7)11-9-10-17(5)6/h14H,9-13H2,1-8H3. The van der Waals surface area contributed by atoms with Crippen LogP contribution < -0.4 is 0 Å². The van der Waals surface area contributed by atoms with E-state index in [1.807, 2.05) is 0 Å². The van der Waals surface area contributed by atoms with E-state index in [1.54, 1.807) is 0 Å². The van der Waals surface area contributed by atoms with Gasteiger partial charge in [0.25, 0.3) is 0 Å². The molecule has 0 amide bonds. The molecule has 0 aromatic carbocycles. The van der Waals surface area contributed by atoms with E-state index in [-0.39, 0.29) is 0 Å². The molecule has 1 saturated heterocycles. The van der Waals surface area contributed by atoms with Crippen molar-refractivity contribution in [2.75, 3.05) is 41.3 Å². The first-order valence-electron chi connectivity index (χ1n) is 7.65. The normalized spacial score (nSPS) is 24.3. The van der Waals surface area contributed by atoms with E-state index in [9.17, 15) is 0 Å². The maximum atomic E-state index is 2.58. The maximum absolute atomic E-state index is 2.58. The smallest absolute Gasteiger partial charge is 0.0170 e. The lowest BCUT2D eigenvalue weighted by Gasteiger charge is -2.55. The van der Waals surface area contributed by atoms with Crippen molar-refractivity contribution in [1.29, 1.82) is 0 Å². The Labute approximate surface area is 120 Å². The van der Waals surface area contributed by atoms with Crippen molar-refractivity contribution in [2.24, 2.45) is 0 Å². The van der Waals surface area contributed by atoms with Crippen LogP contribution in [0.5, 0.6) is 0 Å². The highest BCUT2D eigenvalue weighted by Crippen LogP contribution is 2.38. The average molecular weight is 269 g/mol. The van der Waals surface area contributed by atoms with Crippen LogP contribution in [0.2, 0.25) is 0 Å². The Hall–Kier alpha value is -0.120. The van der Waals surface area contributed by atoms with Crippen molar-refractivity contribution < 1.29 is 0 Å². The van der Waals surface area contributed by atoms with Crippen LogP contribution in [-0.2, 0) is 0 Å². The topological polar surface area (TPSA) is 9.72 Å². The highest BCUT2D eigenvalue weighted by atomic mass is 15.3. The van der Waals surface area contributed by atoms with Crippen molar-refractivity contribution >= 4 is 0 Å². The largest absolute Gasteiger partial charge is 0.309 e. The van der Waals surface area contributed by atoms with Gasteiger partial charge in [0, 0.05) is 17.1 Å². The Balaban J connectivity index is 2.59. The third-order valence-electron chi connectivity index (χ3n) is 5.03. The monoisotopic (exact) mass is 269 g/mol. The van der Waals surface area contributed by atoms with Crippen molar-refractivity contribution in [3.63, 3.8) is 0 Å². The molecule has 114 valence electrons. The van der Waals surface area contributed by atoms with E-state index in [0.29, 0.717) is 17.1 Å². The second-order valence-corrected chi connectivity index (χ2v) is 7.88. The lowest BCUT2D eigenvalue weighted by molar-refractivity contribution is -0.0426. The Bertz CT molecular complexity index is 266. The zero-order chi connectivity index (χ0) is 14.8. The van der Waals surface area contributed by atoms with Crippen LogP contribution in [0.1, 0.15) is 47.0 Å². The Morgan fingerprint density at radius 1 is 0.947 bits per heavy atom. The van der Waals surface area contributed by atoms with Gasteiger partial charge in [0.15, 0.2) is 0 Å².